The quantitative estimate of drug-likeness (QED) is 0.796. The van der Waals surface area contributed by atoms with Crippen LogP contribution in [0, 0.1) is 0 Å². The normalized spacial score (nSPS) is 11.2. The average molecular weight is 214 g/mol. The summed E-state index contributed by atoms with van der Waals surface area (Å²) in [7, 11) is 2.11. The Kier molecular flexibility index (Phi) is 3.11. The van der Waals surface area contributed by atoms with Gasteiger partial charge in [0.15, 0.2) is 0 Å². The summed E-state index contributed by atoms with van der Waals surface area (Å²) in [5, 5.41) is 2.47. The van der Waals surface area contributed by atoms with E-state index in [1.165, 1.54) is 16.3 Å². The van der Waals surface area contributed by atoms with Crippen LogP contribution in [0.25, 0.3) is 10.8 Å². The maximum Gasteiger partial charge on any atom is 0.0366 e. The van der Waals surface area contributed by atoms with Crippen LogP contribution in [0.15, 0.2) is 36.4 Å². The highest BCUT2D eigenvalue weighted by atomic mass is 15.1. The van der Waals surface area contributed by atoms with Crippen molar-refractivity contribution in [2.24, 2.45) is 0 Å². The predicted octanol–water partition coefficient (Wildman–Crippen LogP) is 2.87. The number of rotatable bonds is 3. The van der Waals surface area contributed by atoms with Gasteiger partial charge in [0.05, 0.1) is 0 Å². The Morgan fingerprint density at radius 3 is 2.38 bits per heavy atom. The van der Waals surface area contributed by atoms with Crippen LogP contribution in [0.1, 0.15) is 12.5 Å². The first kappa shape index (κ1) is 11.0. The van der Waals surface area contributed by atoms with Gasteiger partial charge < -0.3 is 10.6 Å². The van der Waals surface area contributed by atoms with E-state index in [1.54, 1.807) is 0 Å². The van der Waals surface area contributed by atoms with Crippen molar-refractivity contribution in [3.05, 3.63) is 42.0 Å². The van der Waals surface area contributed by atoms with Crippen molar-refractivity contribution < 1.29 is 0 Å². The van der Waals surface area contributed by atoms with Crippen LogP contribution in [0.3, 0.4) is 0 Å². The number of nitrogens with two attached hydrogens (primary N) is 1. The summed E-state index contributed by atoms with van der Waals surface area (Å²) < 4.78 is 0. The van der Waals surface area contributed by atoms with Crippen LogP contribution >= 0.6 is 0 Å². The van der Waals surface area contributed by atoms with Gasteiger partial charge in [-0.2, -0.15) is 0 Å². The molecule has 0 amide bonds. The van der Waals surface area contributed by atoms with Crippen LogP contribution in [0.2, 0.25) is 0 Å². The highest BCUT2D eigenvalue weighted by molar-refractivity contribution is 5.86. The van der Waals surface area contributed by atoms with Crippen LogP contribution < -0.4 is 5.73 Å². The second kappa shape index (κ2) is 4.54. The van der Waals surface area contributed by atoms with E-state index in [9.17, 15) is 0 Å². The van der Waals surface area contributed by atoms with Crippen molar-refractivity contribution in [1.29, 1.82) is 0 Å². The molecule has 0 atom stereocenters. The summed E-state index contributed by atoms with van der Waals surface area (Å²) in [6, 6.07) is 12.6. The summed E-state index contributed by atoms with van der Waals surface area (Å²) in [5.74, 6) is 0. The molecule has 2 heteroatoms. The molecule has 0 heterocycles. The zero-order valence-corrected chi connectivity index (χ0v) is 9.90. The van der Waals surface area contributed by atoms with Crippen molar-refractivity contribution in [3.8, 4) is 0 Å². The van der Waals surface area contributed by atoms with Gasteiger partial charge in [0.1, 0.15) is 0 Å². The molecule has 2 aromatic carbocycles. The molecule has 0 aliphatic heterocycles. The van der Waals surface area contributed by atoms with Crippen molar-refractivity contribution in [2.45, 2.75) is 13.5 Å². The topological polar surface area (TPSA) is 29.3 Å². The number of benzene rings is 2. The smallest absolute Gasteiger partial charge is 0.0366 e. The fourth-order valence-corrected chi connectivity index (χ4v) is 1.84. The van der Waals surface area contributed by atoms with Gasteiger partial charge in [0.2, 0.25) is 0 Å². The molecule has 0 saturated carbocycles. The molecule has 2 rings (SSSR count). The SMILES string of the molecule is CCN(C)Cc1cc2ccccc2cc1N. The molecule has 84 valence electrons. The molecule has 0 spiro atoms. The van der Waals surface area contributed by atoms with E-state index in [0.29, 0.717) is 0 Å². The summed E-state index contributed by atoms with van der Waals surface area (Å²) in [4.78, 5) is 2.25. The summed E-state index contributed by atoms with van der Waals surface area (Å²) in [6.07, 6.45) is 0. The molecule has 0 aromatic heterocycles. The van der Waals surface area contributed by atoms with Gasteiger partial charge in [-0.25, -0.2) is 0 Å². The van der Waals surface area contributed by atoms with Crippen molar-refractivity contribution in [1.82, 2.24) is 4.90 Å². The first-order chi connectivity index (χ1) is 7.70. The Hall–Kier alpha value is -1.54. The van der Waals surface area contributed by atoms with Gasteiger partial charge in [0.25, 0.3) is 0 Å². The van der Waals surface area contributed by atoms with E-state index in [2.05, 4.69) is 49.2 Å². The van der Waals surface area contributed by atoms with Crippen molar-refractivity contribution in [2.75, 3.05) is 19.3 Å². The first-order valence-electron chi connectivity index (χ1n) is 5.66. The average Bonchev–Trinajstić information content (AvgIpc) is 2.30. The molecule has 0 fully saturated rings. The lowest BCUT2D eigenvalue weighted by Gasteiger charge is -2.16. The highest BCUT2D eigenvalue weighted by Crippen LogP contribution is 2.22. The predicted molar refractivity (Wildman–Crippen MR) is 70.4 cm³/mol. The monoisotopic (exact) mass is 214 g/mol. The fourth-order valence-electron chi connectivity index (χ4n) is 1.84. The van der Waals surface area contributed by atoms with E-state index in [1.807, 2.05) is 6.07 Å². The Morgan fingerprint density at radius 1 is 1.12 bits per heavy atom. The number of nitrogen functional groups attached to an aromatic ring is 1. The molecular weight excluding hydrogens is 196 g/mol. The third-order valence-corrected chi connectivity index (χ3v) is 2.99. The summed E-state index contributed by atoms with van der Waals surface area (Å²) in [5.41, 5.74) is 8.16. The first-order valence-corrected chi connectivity index (χ1v) is 5.66. The van der Waals surface area contributed by atoms with Gasteiger partial charge in [-0.15, -0.1) is 0 Å². The number of nitrogens with zero attached hydrogens (tertiary/aromatic N) is 1. The maximum absolute atomic E-state index is 6.06. The molecule has 0 bridgehead atoms. The minimum Gasteiger partial charge on any atom is -0.398 e. The van der Waals surface area contributed by atoms with Crippen LogP contribution in [-0.4, -0.2) is 18.5 Å². The van der Waals surface area contributed by atoms with E-state index < -0.39 is 0 Å². The standard InChI is InChI=1S/C14H18N2/c1-3-16(2)10-13-8-11-6-4-5-7-12(11)9-14(13)15/h4-9H,3,10,15H2,1-2H3. The Bertz CT molecular complexity index is 491. The van der Waals surface area contributed by atoms with Gasteiger partial charge >= 0.3 is 0 Å². The molecule has 0 aliphatic carbocycles. The molecule has 2 N–H and O–H groups in total. The zero-order valence-electron chi connectivity index (χ0n) is 9.90. The second-order valence-corrected chi connectivity index (χ2v) is 4.23. The molecule has 0 saturated heterocycles. The molecule has 0 aliphatic rings. The van der Waals surface area contributed by atoms with Crippen LogP contribution in [0.5, 0.6) is 0 Å². The Balaban J connectivity index is 2.42. The van der Waals surface area contributed by atoms with Gasteiger partial charge in [0, 0.05) is 12.2 Å². The molecule has 0 radical (unpaired) electrons. The van der Waals surface area contributed by atoms with E-state index in [0.717, 1.165) is 18.8 Å². The fraction of sp³-hybridized carbons (Fsp3) is 0.286. The van der Waals surface area contributed by atoms with Crippen LogP contribution in [0.4, 0.5) is 5.69 Å². The maximum atomic E-state index is 6.06. The lowest BCUT2D eigenvalue weighted by atomic mass is 10.0. The minimum absolute atomic E-state index is 0.888. The summed E-state index contributed by atoms with van der Waals surface area (Å²) in [6.45, 7) is 4.09. The third-order valence-electron chi connectivity index (χ3n) is 2.99. The molecule has 16 heavy (non-hydrogen) atoms. The number of fused-ring (bicyclic) bond motifs is 1. The van der Waals surface area contributed by atoms with Crippen molar-refractivity contribution >= 4 is 16.5 Å². The number of hydrogen-bond acceptors (Lipinski definition) is 2. The summed E-state index contributed by atoms with van der Waals surface area (Å²) >= 11 is 0. The minimum atomic E-state index is 0.888. The molecular formula is C14H18N2. The Morgan fingerprint density at radius 2 is 1.75 bits per heavy atom. The highest BCUT2D eigenvalue weighted by Gasteiger charge is 2.04. The zero-order chi connectivity index (χ0) is 11.5. The second-order valence-electron chi connectivity index (χ2n) is 4.23. The molecule has 2 nitrogen and oxygen atoms in total. The third kappa shape index (κ3) is 2.17. The van der Waals surface area contributed by atoms with Crippen LogP contribution in [-0.2, 0) is 6.54 Å². The molecule has 0 unspecified atom stereocenters. The largest absolute Gasteiger partial charge is 0.398 e. The van der Waals surface area contributed by atoms with Gasteiger partial charge in [-0.1, -0.05) is 31.2 Å². The molecule has 2 aromatic rings. The van der Waals surface area contributed by atoms with E-state index in [-0.39, 0.29) is 0 Å². The van der Waals surface area contributed by atoms with Crippen molar-refractivity contribution in [3.63, 3.8) is 0 Å². The lowest BCUT2D eigenvalue weighted by molar-refractivity contribution is 0.346. The number of anilines is 1. The van der Waals surface area contributed by atoms with E-state index in [4.69, 9.17) is 5.73 Å². The lowest BCUT2D eigenvalue weighted by Crippen LogP contribution is -2.17. The van der Waals surface area contributed by atoms with E-state index >= 15 is 0 Å². The Labute approximate surface area is 96.7 Å². The number of hydrogen-bond donors (Lipinski definition) is 1. The van der Waals surface area contributed by atoms with Gasteiger partial charge in [-0.3, -0.25) is 0 Å². The van der Waals surface area contributed by atoms with Gasteiger partial charge in [-0.05, 0) is 42.1 Å².